The number of para-hydroxylation sites is 1. The first-order chi connectivity index (χ1) is 14.8. The number of nitro benzene ring substituents is 1. The Morgan fingerprint density at radius 3 is 2.55 bits per heavy atom. The lowest BCUT2D eigenvalue weighted by molar-refractivity contribution is -0.384. The van der Waals surface area contributed by atoms with E-state index in [0.717, 1.165) is 10.5 Å². The Bertz CT molecular complexity index is 1270. The molecule has 1 fully saturated rings. The molecule has 3 aromatic rings. The zero-order chi connectivity index (χ0) is 22.1. The first kappa shape index (κ1) is 19.8. The van der Waals surface area contributed by atoms with E-state index in [0.29, 0.717) is 5.69 Å². The molecule has 0 unspecified atom stereocenters. The van der Waals surface area contributed by atoms with E-state index in [1.165, 1.54) is 36.4 Å². The van der Waals surface area contributed by atoms with E-state index in [1.54, 1.807) is 24.3 Å². The van der Waals surface area contributed by atoms with Crippen LogP contribution < -0.4 is 10.2 Å². The number of nitrogens with one attached hydrogen (secondary N) is 1. The van der Waals surface area contributed by atoms with Crippen molar-refractivity contribution >= 4 is 35.3 Å². The number of hydrogen-bond donors (Lipinski definition) is 1. The Morgan fingerprint density at radius 2 is 1.81 bits per heavy atom. The first-order valence-electron chi connectivity index (χ1n) is 9.17. The van der Waals surface area contributed by atoms with Crippen LogP contribution in [0.2, 0.25) is 0 Å². The fourth-order valence-corrected chi connectivity index (χ4v) is 3.22. The largest absolute Gasteiger partial charge is 0.456 e. The highest BCUT2D eigenvalue weighted by atomic mass is 16.6. The topological polar surface area (TPSA) is 123 Å². The van der Waals surface area contributed by atoms with Gasteiger partial charge in [0.25, 0.3) is 17.5 Å². The quantitative estimate of drug-likeness (QED) is 0.298. The van der Waals surface area contributed by atoms with Crippen LogP contribution in [0.5, 0.6) is 0 Å². The lowest BCUT2D eigenvalue weighted by atomic mass is 10.1. The fourth-order valence-electron chi connectivity index (χ4n) is 3.22. The second-order valence-corrected chi connectivity index (χ2v) is 6.77. The van der Waals surface area contributed by atoms with Crippen molar-refractivity contribution in [1.82, 2.24) is 5.32 Å². The van der Waals surface area contributed by atoms with Crippen LogP contribution in [0.1, 0.15) is 11.3 Å². The zero-order valence-corrected chi connectivity index (χ0v) is 16.2. The minimum absolute atomic E-state index is 0.130. The molecule has 154 valence electrons. The number of amides is 4. The van der Waals surface area contributed by atoms with Gasteiger partial charge in [0.2, 0.25) is 0 Å². The number of anilines is 1. The Morgan fingerprint density at radius 1 is 1.03 bits per heavy atom. The minimum Gasteiger partial charge on any atom is -0.456 e. The molecule has 1 aromatic heterocycles. The molecule has 0 atom stereocenters. The van der Waals surface area contributed by atoms with Gasteiger partial charge in [0.1, 0.15) is 17.1 Å². The van der Waals surface area contributed by atoms with Crippen LogP contribution >= 0.6 is 0 Å². The van der Waals surface area contributed by atoms with Crippen molar-refractivity contribution in [2.24, 2.45) is 0 Å². The molecule has 9 heteroatoms. The maximum absolute atomic E-state index is 12.9. The summed E-state index contributed by atoms with van der Waals surface area (Å²) in [6, 6.07) is 14.9. The van der Waals surface area contributed by atoms with Crippen molar-refractivity contribution in [2.45, 2.75) is 6.92 Å². The molecule has 4 rings (SSSR count). The Kier molecular flexibility index (Phi) is 4.92. The summed E-state index contributed by atoms with van der Waals surface area (Å²) in [4.78, 5) is 49.1. The van der Waals surface area contributed by atoms with Crippen LogP contribution in [0.4, 0.5) is 16.2 Å². The van der Waals surface area contributed by atoms with Crippen LogP contribution in [0.3, 0.4) is 0 Å². The van der Waals surface area contributed by atoms with Crippen molar-refractivity contribution in [1.29, 1.82) is 0 Å². The molecule has 9 nitrogen and oxygen atoms in total. The number of hydrogen-bond acceptors (Lipinski definition) is 6. The van der Waals surface area contributed by atoms with Crippen LogP contribution in [0.25, 0.3) is 17.4 Å². The SMILES string of the molecule is Cc1cccc(N2C(=O)NC(=O)C(=Cc3ccc(-c4ccccc4[N+](=O)[O-])o3)C2=O)c1. The Balaban J connectivity index is 1.70. The lowest BCUT2D eigenvalue weighted by Crippen LogP contribution is -2.54. The van der Waals surface area contributed by atoms with Crippen molar-refractivity contribution < 1.29 is 23.7 Å². The number of nitrogens with zero attached hydrogens (tertiary/aromatic N) is 2. The maximum Gasteiger partial charge on any atom is 0.335 e. The summed E-state index contributed by atoms with van der Waals surface area (Å²) in [6.07, 6.45) is 1.20. The summed E-state index contributed by atoms with van der Waals surface area (Å²) in [6.45, 7) is 1.81. The van der Waals surface area contributed by atoms with E-state index < -0.39 is 22.8 Å². The Labute approximate surface area is 175 Å². The number of urea groups is 1. The second-order valence-electron chi connectivity index (χ2n) is 6.77. The summed E-state index contributed by atoms with van der Waals surface area (Å²) in [5.41, 5.74) is 0.970. The van der Waals surface area contributed by atoms with Crippen LogP contribution in [0, 0.1) is 17.0 Å². The third-order valence-corrected chi connectivity index (χ3v) is 4.64. The van der Waals surface area contributed by atoms with E-state index in [1.807, 2.05) is 13.0 Å². The highest BCUT2D eigenvalue weighted by molar-refractivity contribution is 6.39. The molecule has 0 aliphatic carbocycles. The van der Waals surface area contributed by atoms with Crippen molar-refractivity contribution in [3.05, 3.63) is 87.7 Å². The van der Waals surface area contributed by atoms with E-state index in [4.69, 9.17) is 4.42 Å². The summed E-state index contributed by atoms with van der Waals surface area (Å²) in [5, 5.41) is 13.4. The number of carbonyl (C=O) groups excluding carboxylic acids is 3. The fraction of sp³-hybridized carbons (Fsp3) is 0.0455. The van der Waals surface area contributed by atoms with Gasteiger partial charge in [-0.25, -0.2) is 9.69 Å². The number of furan rings is 1. The van der Waals surface area contributed by atoms with Gasteiger partial charge in [-0.1, -0.05) is 24.3 Å². The van der Waals surface area contributed by atoms with E-state index in [9.17, 15) is 24.5 Å². The van der Waals surface area contributed by atoms with Gasteiger partial charge in [0, 0.05) is 6.07 Å². The van der Waals surface area contributed by atoms with Gasteiger partial charge in [0.15, 0.2) is 0 Å². The molecular formula is C22H15N3O6. The van der Waals surface area contributed by atoms with Crippen molar-refractivity contribution in [3.63, 3.8) is 0 Å². The van der Waals surface area contributed by atoms with E-state index in [2.05, 4.69) is 5.32 Å². The van der Waals surface area contributed by atoms with Gasteiger partial charge < -0.3 is 4.42 Å². The first-order valence-corrected chi connectivity index (χ1v) is 9.17. The third-order valence-electron chi connectivity index (χ3n) is 4.64. The monoisotopic (exact) mass is 417 g/mol. The number of benzene rings is 2. The van der Waals surface area contributed by atoms with Gasteiger partial charge >= 0.3 is 6.03 Å². The predicted molar refractivity (Wildman–Crippen MR) is 111 cm³/mol. The average Bonchev–Trinajstić information content (AvgIpc) is 3.19. The normalized spacial score (nSPS) is 15.3. The Hall–Kier alpha value is -4.53. The maximum atomic E-state index is 12.9. The number of barbiturate groups is 1. The molecule has 1 N–H and O–H groups in total. The standard InChI is InChI=1S/C22H15N3O6/c1-13-5-4-6-14(11-13)24-21(27)17(20(26)23-22(24)28)12-15-9-10-19(31-15)16-7-2-3-8-18(16)25(29)30/h2-12H,1H3,(H,23,26,28). The van der Waals surface area contributed by atoms with E-state index >= 15 is 0 Å². The molecule has 31 heavy (non-hydrogen) atoms. The zero-order valence-electron chi connectivity index (χ0n) is 16.2. The molecule has 0 radical (unpaired) electrons. The number of aryl methyl sites for hydroxylation is 1. The molecule has 2 aromatic carbocycles. The van der Waals surface area contributed by atoms with Gasteiger partial charge in [-0.2, -0.15) is 0 Å². The molecule has 1 saturated heterocycles. The molecule has 0 spiro atoms. The number of rotatable bonds is 4. The summed E-state index contributed by atoms with van der Waals surface area (Å²) in [5.74, 6) is -1.33. The highest BCUT2D eigenvalue weighted by Gasteiger charge is 2.37. The molecule has 1 aliphatic heterocycles. The minimum atomic E-state index is -0.859. The van der Waals surface area contributed by atoms with Crippen LogP contribution in [-0.2, 0) is 9.59 Å². The van der Waals surface area contributed by atoms with Crippen LogP contribution in [-0.4, -0.2) is 22.8 Å². The predicted octanol–water partition coefficient (Wildman–Crippen LogP) is 3.83. The number of imide groups is 2. The van der Waals surface area contributed by atoms with Gasteiger partial charge in [-0.3, -0.25) is 25.0 Å². The van der Waals surface area contributed by atoms with Crippen LogP contribution in [0.15, 0.2) is 70.7 Å². The van der Waals surface area contributed by atoms with Gasteiger partial charge in [-0.15, -0.1) is 0 Å². The molecule has 2 heterocycles. The van der Waals surface area contributed by atoms with Gasteiger partial charge in [0.05, 0.1) is 16.2 Å². The van der Waals surface area contributed by atoms with Crippen molar-refractivity contribution in [2.75, 3.05) is 4.90 Å². The third kappa shape index (κ3) is 3.71. The second kappa shape index (κ2) is 7.71. The smallest absolute Gasteiger partial charge is 0.335 e. The summed E-state index contributed by atoms with van der Waals surface area (Å²) in [7, 11) is 0. The molecule has 0 bridgehead atoms. The molecule has 4 amide bonds. The summed E-state index contributed by atoms with van der Waals surface area (Å²) < 4.78 is 5.63. The lowest BCUT2D eigenvalue weighted by Gasteiger charge is -2.26. The van der Waals surface area contributed by atoms with Crippen molar-refractivity contribution in [3.8, 4) is 11.3 Å². The number of nitro groups is 1. The highest BCUT2D eigenvalue weighted by Crippen LogP contribution is 2.32. The number of carbonyl (C=O) groups is 3. The summed E-state index contributed by atoms with van der Waals surface area (Å²) >= 11 is 0. The molecular weight excluding hydrogens is 402 g/mol. The average molecular weight is 417 g/mol. The van der Waals surface area contributed by atoms with Gasteiger partial charge in [-0.05, 0) is 48.9 Å². The molecule has 1 aliphatic rings. The van der Waals surface area contributed by atoms with E-state index in [-0.39, 0.29) is 28.3 Å². The molecule has 0 saturated carbocycles.